The Kier molecular flexibility index (Phi) is 3.78. The van der Waals surface area contributed by atoms with Crippen molar-refractivity contribution in [3.05, 3.63) is 53.9 Å². The number of ether oxygens (including phenoxy) is 1. The molecule has 112 valence electrons. The highest BCUT2D eigenvalue weighted by Gasteiger charge is 2.07. The van der Waals surface area contributed by atoms with E-state index in [1.807, 2.05) is 31.2 Å². The summed E-state index contributed by atoms with van der Waals surface area (Å²) in [4.78, 5) is 16.2. The van der Waals surface area contributed by atoms with E-state index in [0.717, 1.165) is 11.1 Å². The highest BCUT2D eigenvalue weighted by Crippen LogP contribution is 2.19. The Morgan fingerprint density at radius 1 is 1.23 bits per heavy atom. The molecule has 2 aromatic carbocycles. The van der Waals surface area contributed by atoms with E-state index in [1.54, 1.807) is 25.1 Å². The van der Waals surface area contributed by atoms with E-state index >= 15 is 0 Å². The van der Waals surface area contributed by atoms with Crippen molar-refractivity contribution in [3.63, 3.8) is 0 Å². The summed E-state index contributed by atoms with van der Waals surface area (Å²) in [6, 6.07) is 12.9. The maximum Gasteiger partial charge on any atom is 0.262 e. The first-order valence-corrected chi connectivity index (χ1v) is 6.97. The normalized spacial score (nSPS) is 10.6. The van der Waals surface area contributed by atoms with Crippen LogP contribution in [-0.2, 0) is 4.79 Å². The molecule has 22 heavy (non-hydrogen) atoms. The predicted molar refractivity (Wildman–Crippen MR) is 84.0 cm³/mol. The van der Waals surface area contributed by atoms with Gasteiger partial charge in [-0.05, 0) is 42.8 Å². The molecule has 1 N–H and O–H groups in total. The smallest absolute Gasteiger partial charge is 0.262 e. The van der Waals surface area contributed by atoms with E-state index in [2.05, 4.69) is 10.3 Å². The van der Waals surface area contributed by atoms with Crippen molar-refractivity contribution in [1.29, 1.82) is 0 Å². The van der Waals surface area contributed by atoms with Gasteiger partial charge in [0.1, 0.15) is 11.3 Å². The lowest BCUT2D eigenvalue weighted by Gasteiger charge is -2.08. The number of hydrogen-bond acceptors (Lipinski definition) is 4. The molecule has 1 amide bonds. The fourth-order valence-electron chi connectivity index (χ4n) is 2.17. The van der Waals surface area contributed by atoms with Crippen LogP contribution in [0, 0.1) is 13.8 Å². The van der Waals surface area contributed by atoms with Crippen LogP contribution < -0.4 is 10.1 Å². The molecular formula is C17H16N2O3. The van der Waals surface area contributed by atoms with Gasteiger partial charge in [-0.25, -0.2) is 4.98 Å². The van der Waals surface area contributed by atoms with E-state index in [-0.39, 0.29) is 12.5 Å². The Balaban J connectivity index is 1.62. The summed E-state index contributed by atoms with van der Waals surface area (Å²) >= 11 is 0. The number of fused-ring (bicyclic) bond motifs is 1. The molecule has 0 spiro atoms. The number of oxazole rings is 1. The monoisotopic (exact) mass is 296 g/mol. The summed E-state index contributed by atoms with van der Waals surface area (Å²) < 4.78 is 10.9. The number of aromatic nitrogens is 1. The lowest BCUT2D eigenvalue weighted by Crippen LogP contribution is -2.20. The molecule has 1 heterocycles. The lowest BCUT2D eigenvalue weighted by molar-refractivity contribution is -0.118. The second kappa shape index (κ2) is 5.89. The zero-order chi connectivity index (χ0) is 15.5. The van der Waals surface area contributed by atoms with Crippen LogP contribution in [-0.4, -0.2) is 17.5 Å². The van der Waals surface area contributed by atoms with Crippen molar-refractivity contribution in [2.24, 2.45) is 0 Å². The number of carbonyl (C=O) groups excluding carboxylic acids is 1. The summed E-state index contributed by atoms with van der Waals surface area (Å²) in [7, 11) is 0. The van der Waals surface area contributed by atoms with Crippen molar-refractivity contribution in [2.45, 2.75) is 13.8 Å². The minimum absolute atomic E-state index is 0.0423. The minimum Gasteiger partial charge on any atom is -0.484 e. The standard InChI is InChI=1S/C17H16N2O3/c1-11-4-3-5-14(8-11)21-10-17(20)19-13-6-7-16-15(9-13)18-12(2)22-16/h3-9H,10H2,1-2H3,(H,19,20). The average Bonchev–Trinajstić information content (AvgIpc) is 2.84. The van der Waals surface area contributed by atoms with Gasteiger partial charge in [0.05, 0.1) is 0 Å². The number of nitrogens with one attached hydrogen (secondary N) is 1. The molecule has 0 atom stereocenters. The number of carbonyl (C=O) groups is 1. The summed E-state index contributed by atoms with van der Waals surface area (Å²) in [6.07, 6.45) is 0. The van der Waals surface area contributed by atoms with Crippen molar-refractivity contribution >= 4 is 22.7 Å². The SMILES string of the molecule is Cc1cccc(OCC(=O)Nc2ccc3oc(C)nc3c2)c1. The molecule has 1 aromatic heterocycles. The number of rotatable bonds is 4. The Morgan fingerprint density at radius 3 is 2.91 bits per heavy atom. The van der Waals surface area contributed by atoms with Gasteiger partial charge in [-0.15, -0.1) is 0 Å². The van der Waals surface area contributed by atoms with E-state index in [9.17, 15) is 4.79 Å². The third-order valence-electron chi connectivity index (χ3n) is 3.14. The number of amides is 1. The first kappa shape index (κ1) is 14.1. The third-order valence-corrected chi connectivity index (χ3v) is 3.14. The van der Waals surface area contributed by atoms with Gasteiger partial charge in [0.25, 0.3) is 5.91 Å². The molecule has 3 rings (SSSR count). The van der Waals surface area contributed by atoms with E-state index in [4.69, 9.17) is 9.15 Å². The average molecular weight is 296 g/mol. The highest BCUT2D eigenvalue weighted by atomic mass is 16.5. The van der Waals surface area contributed by atoms with Gasteiger partial charge in [-0.3, -0.25) is 4.79 Å². The number of hydrogen-bond donors (Lipinski definition) is 1. The fraction of sp³-hybridized carbons (Fsp3) is 0.176. The molecular weight excluding hydrogens is 280 g/mol. The predicted octanol–water partition coefficient (Wildman–Crippen LogP) is 3.46. The summed E-state index contributed by atoms with van der Waals surface area (Å²) in [5.74, 6) is 1.06. The zero-order valence-electron chi connectivity index (χ0n) is 12.4. The van der Waals surface area contributed by atoms with Gasteiger partial charge in [-0.1, -0.05) is 12.1 Å². The summed E-state index contributed by atoms with van der Waals surface area (Å²) in [5.41, 5.74) is 3.17. The Labute approximate surface area is 127 Å². The van der Waals surface area contributed by atoms with Crippen molar-refractivity contribution < 1.29 is 13.9 Å². The Bertz CT molecular complexity index is 824. The van der Waals surface area contributed by atoms with Crippen LogP contribution in [0.1, 0.15) is 11.5 Å². The van der Waals surface area contributed by atoms with Gasteiger partial charge < -0.3 is 14.5 Å². The summed E-state index contributed by atoms with van der Waals surface area (Å²) in [5, 5.41) is 2.78. The minimum atomic E-state index is -0.221. The van der Waals surface area contributed by atoms with Crippen LogP contribution in [0.5, 0.6) is 5.75 Å². The molecule has 3 aromatic rings. The first-order valence-electron chi connectivity index (χ1n) is 6.97. The van der Waals surface area contributed by atoms with Crippen molar-refractivity contribution in [3.8, 4) is 5.75 Å². The Hall–Kier alpha value is -2.82. The quantitative estimate of drug-likeness (QED) is 0.800. The topological polar surface area (TPSA) is 64.4 Å². The van der Waals surface area contributed by atoms with Crippen LogP contribution in [0.15, 0.2) is 46.9 Å². The van der Waals surface area contributed by atoms with E-state index in [1.165, 1.54) is 0 Å². The van der Waals surface area contributed by atoms with Crippen molar-refractivity contribution in [1.82, 2.24) is 4.98 Å². The lowest BCUT2D eigenvalue weighted by atomic mass is 10.2. The summed E-state index contributed by atoms with van der Waals surface area (Å²) in [6.45, 7) is 3.72. The molecule has 0 bridgehead atoms. The molecule has 5 nitrogen and oxygen atoms in total. The maximum absolute atomic E-state index is 11.9. The zero-order valence-corrected chi connectivity index (χ0v) is 12.4. The second-order valence-electron chi connectivity index (χ2n) is 5.07. The number of aryl methyl sites for hydroxylation is 2. The molecule has 0 fully saturated rings. The van der Waals surface area contributed by atoms with Gasteiger partial charge in [0.2, 0.25) is 0 Å². The van der Waals surface area contributed by atoms with Crippen LogP contribution in [0.25, 0.3) is 11.1 Å². The molecule has 0 radical (unpaired) electrons. The third kappa shape index (κ3) is 3.25. The first-order chi connectivity index (χ1) is 10.6. The molecule has 0 unspecified atom stereocenters. The molecule has 0 aliphatic carbocycles. The largest absolute Gasteiger partial charge is 0.484 e. The van der Waals surface area contributed by atoms with Crippen LogP contribution in [0.3, 0.4) is 0 Å². The van der Waals surface area contributed by atoms with Crippen molar-refractivity contribution in [2.75, 3.05) is 11.9 Å². The van der Waals surface area contributed by atoms with E-state index < -0.39 is 0 Å². The number of benzene rings is 2. The maximum atomic E-state index is 11.9. The van der Waals surface area contributed by atoms with Gasteiger partial charge >= 0.3 is 0 Å². The Morgan fingerprint density at radius 2 is 2.09 bits per heavy atom. The second-order valence-corrected chi connectivity index (χ2v) is 5.07. The molecule has 0 aliphatic rings. The van der Waals surface area contributed by atoms with E-state index in [0.29, 0.717) is 22.9 Å². The van der Waals surface area contributed by atoms with Gasteiger partial charge in [0, 0.05) is 12.6 Å². The molecule has 0 aliphatic heterocycles. The van der Waals surface area contributed by atoms with Crippen LogP contribution in [0.2, 0.25) is 0 Å². The molecule has 0 saturated carbocycles. The van der Waals surface area contributed by atoms with Gasteiger partial charge in [0.15, 0.2) is 18.1 Å². The van der Waals surface area contributed by atoms with Gasteiger partial charge in [-0.2, -0.15) is 0 Å². The van der Waals surface area contributed by atoms with Crippen LogP contribution >= 0.6 is 0 Å². The molecule has 5 heteroatoms. The number of nitrogens with zero attached hydrogens (tertiary/aromatic N) is 1. The molecule has 0 saturated heterocycles. The fourth-order valence-corrected chi connectivity index (χ4v) is 2.17. The highest BCUT2D eigenvalue weighted by molar-refractivity contribution is 5.93. The number of anilines is 1. The van der Waals surface area contributed by atoms with Crippen LogP contribution in [0.4, 0.5) is 5.69 Å².